The number of carboxylic acid groups (broad SMARTS) is 1. The molecule has 2 heterocycles. The fraction of sp³-hybridized carbons (Fsp3) is 0.235. The van der Waals surface area contributed by atoms with Gasteiger partial charge in [0.25, 0.3) is 0 Å². The number of aryl methyl sites for hydroxylation is 1. The van der Waals surface area contributed by atoms with Crippen LogP contribution in [0.4, 0.5) is 0 Å². The van der Waals surface area contributed by atoms with Crippen molar-refractivity contribution in [2.75, 3.05) is 6.61 Å². The van der Waals surface area contributed by atoms with E-state index in [1.807, 2.05) is 6.07 Å². The van der Waals surface area contributed by atoms with E-state index >= 15 is 0 Å². The lowest BCUT2D eigenvalue weighted by Gasteiger charge is -2.08. The number of thiophene rings is 1. The summed E-state index contributed by atoms with van der Waals surface area (Å²) in [6.07, 6.45) is -0.605. The first-order valence-electron chi connectivity index (χ1n) is 7.38. The fourth-order valence-electron chi connectivity index (χ4n) is 2.31. The molecule has 0 saturated heterocycles. The van der Waals surface area contributed by atoms with Crippen molar-refractivity contribution in [1.82, 2.24) is 4.98 Å². The Kier molecular flexibility index (Phi) is 4.72. The molecule has 3 aromatic rings. The van der Waals surface area contributed by atoms with Crippen molar-refractivity contribution in [3.63, 3.8) is 0 Å². The molecule has 0 fully saturated rings. The van der Waals surface area contributed by atoms with Crippen molar-refractivity contribution < 1.29 is 19.7 Å². The summed E-state index contributed by atoms with van der Waals surface area (Å²) in [5, 5.41) is 29.4. The van der Waals surface area contributed by atoms with Crippen molar-refractivity contribution in [1.29, 1.82) is 5.26 Å². The number of fused-ring (bicyclic) bond motifs is 1. The van der Waals surface area contributed by atoms with Crippen LogP contribution in [0.3, 0.4) is 0 Å². The number of aromatic nitrogens is 1. The minimum absolute atomic E-state index is 0.140. The summed E-state index contributed by atoms with van der Waals surface area (Å²) in [5.41, 5.74) is 0.951. The predicted molar refractivity (Wildman–Crippen MR) is 96.5 cm³/mol. The molecule has 0 spiro atoms. The highest BCUT2D eigenvalue weighted by Crippen LogP contribution is 2.39. The van der Waals surface area contributed by atoms with Gasteiger partial charge >= 0.3 is 5.97 Å². The van der Waals surface area contributed by atoms with Gasteiger partial charge in [-0.25, -0.2) is 9.78 Å². The first-order valence-corrected chi connectivity index (χ1v) is 9.02. The molecule has 0 aliphatic rings. The van der Waals surface area contributed by atoms with Gasteiger partial charge in [0.15, 0.2) is 0 Å². The maximum absolute atomic E-state index is 11.2. The van der Waals surface area contributed by atoms with E-state index in [0.29, 0.717) is 22.0 Å². The van der Waals surface area contributed by atoms with Gasteiger partial charge in [-0.05, 0) is 37.4 Å². The number of aliphatic hydroxyl groups excluding tert-OH is 1. The average molecular weight is 374 g/mol. The van der Waals surface area contributed by atoms with E-state index in [1.165, 1.54) is 11.3 Å². The first kappa shape index (κ1) is 17.4. The Balaban J connectivity index is 2.06. The van der Waals surface area contributed by atoms with E-state index in [4.69, 9.17) is 4.74 Å². The quantitative estimate of drug-likeness (QED) is 0.706. The van der Waals surface area contributed by atoms with Crippen molar-refractivity contribution in [2.45, 2.75) is 20.0 Å². The standard InChI is InChI=1S/C17H14N2O4S2/c1-8(20)7-23-12-3-10-5-13(24-15(10)11(4-12)6-18)16-19-9(2)14(25-16)17(21)22/h3-5,8,20H,7H2,1-2H3,(H,21,22). The molecule has 3 rings (SSSR count). The van der Waals surface area contributed by atoms with Crippen molar-refractivity contribution in [2.24, 2.45) is 0 Å². The highest BCUT2D eigenvalue weighted by molar-refractivity contribution is 7.26. The number of nitriles is 1. The number of carboxylic acids is 1. The first-order chi connectivity index (χ1) is 11.9. The van der Waals surface area contributed by atoms with Gasteiger partial charge in [0.2, 0.25) is 0 Å². The summed E-state index contributed by atoms with van der Waals surface area (Å²) in [7, 11) is 0. The second-order valence-electron chi connectivity index (χ2n) is 5.51. The summed E-state index contributed by atoms with van der Waals surface area (Å²) in [4.78, 5) is 16.6. The number of ether oxygens (including phenoxy) is 1. The smallest absolute Gasteiger partial charge is 0.347 e. The highest BCUT2D eigenvalue weighted by Gasteiger charge is 2.18. The Bertz CT molecular complexity index is 998. The molecule has 0 aliphatic heterocycles. The molecule has 1 unspecified atom stereocenters. The summed E-state index contributed by atoms with van der Waals surface area (Å²) in [6, 6.07) is 7.47. The topological polar surface area (TPSA) is 103 Å². The van der Waals surface area contributed by atoms with E-state index in [1.54, 1.807) is 26.0 Å². The third-order valence-corrected chi connectivity index (χ3v) is 5.90. The number of carbonyl (C=O) groups is 1. The van der Waals surface area contributed by atoms with Gasteiger partial charge < -0.3 is 14.9 Å². The third-order valence-electron chi connectivity index (χ3n) is 3.40. The molecule has 0 bridgehead atoms. The lowest BCUT2D eigenvalue weighted by molar-refractivity contribution is 0.0701. The maximum Gasteiger partial charge on any atom is 0.347 e. The van der Waals surface area contributed by atoms with Crippen LogP contribution in [-0.2, 0) is 0 Å². The Morgan fingerprint density at radius 2 is 2.16 bits per heavy atom. The Labute approximate surface area is 151 Å². The van der Waals surface area contributed by atoms with E-state index in [9.17, 15) is 20.3 Å². The number of benzene rings is 1. The van der Waals surface area contributed by atoms with E-state index in [-0.39, 0.29) is 11.5 Å². The molecule has 0 saturated carbocycles. The molecule has 2 aromatic heterocycles. The number of hydrogen-bond donors (Lipinski definition) is 2. The number of nitrogens with zero attached hydrogens (tertiary/aromatic N) is 2. The Morgan fingerprint density at radius 3 is 2.76 bits per heavy atom. The zero-order valence-electron chi connectivity index (χ0n) is 13.4. The molecule has 128 valence electrons. The van der Waals surface area contributed by atoms with Gasteiger partial charge in [-0.15, -0.1) is 22.7 Å². The minimum atomic E-state index is -0.992. The van der Waals surface area contributed by atoms with Gasteiger partial charge in [0, 0.05) is 0 Å². The average Bonchev–Trinajstić information content (AvgIpc) is 3.15. The lowest BCUT2D eigenvalue weighted by atomic mass is 10.1. The molecule has 0 aliphatic carbocycles. The Morgan fingerprint density at radius 1 is 1.40 bits per heavy atom. The van der Waals surface area contributed by atoms with E-state index < -0.39 is 12.1 Å². The SMILES string of the molecule is Cc1nc(-c2cc3cc(OCC(C)O)cc(C#N)c3s2)sc1C(=O)O. The molecular formula is C17H14N2O4S2. The highest BCUT2D eigenvalue weighted by atomic mass is 32.1. The van der Waals surface area contributed by atoms with Crippen LogP contribution in [0.2, 0.25) is 0 Å². The molecular weight excluding hydrogens is 360 g/mol. The number of aromatic carboxylic acids is 1. The molecule has 8 heteroatoms. The van der Waals surface area contributed by atoms with Crippen molar-refractivity contribution in [3.05, 3.63) is 34.3 Å². The van der Waals surface area contributed by atoms with Crippen LogP contribution in [0.25, 0.3) is 20.0 Å². The second-order valence-corrected chi connectivity index (χ2v) is 7.56. The van der Waals surface area contributed by atoms with Gasteiger partial charge in [0.1, 0.15) is 28.3 Å². The minimum Gasteiger partial charge on any atom is -0.491 e. The summed E-state index contributed by atoms with van der Waals surface area (Å²) in [5.74, 6) is -0.482. The molecule has 1 atom stereocenters. The van der Waals surface area contributed by atoms with Gasteiger partial charge in [0.05, 0.1) is 26.9 Å². The number of rotatable bonds is 5. The zero-order valence-corrected chi connectivity index (χ0v) is 15.1. The fourth-order valence-corrected chi connectivity index (χ4v) is 4.37. The number of thiazole rings is 1. The van der Waals surface area contributed by atoms with Crippen LogP contribution in [0.15, 0.2) is 18.2 Å². The van der Waals surface area contributed by atoms with Crippen LogP contribution < -0.4 is 4.74 Å². The van der Waals surface area contributed by atoms with Crippen molar-refractivity contribution >= 4 is 38.7 Å². The van der Waals surface area contributed by atoms with E-state index in [0.717, 1.165) is 26.3 Å². The van der Waals surface area contributed by atoms with Gasteiger partial charge in [-0.1, -0.05) is 0 Å². The zero-order chi connectivity index (χ0) is 18.1. The van der Waals surface area contributed by atoms with Crippen LogP contribution >= 0.6 is 22.7 Å². The second kappa shape index (κ2) is 6.80. The number of hydrogen-bond acceptors (Lipinski definition) is 7. The monoisotopic (exact) mass is 374 g/mol. The lowest BCUT2D eigenvalue weighted by Crippen LogP contribution is -2.12. The van der Waals surface area contributed by atoms with Crippen LogP contribution in [-0.4, -0.2) is 33.9 Å². The van der Waals surface area contributed by atoms with E-state index in [2.05, 4.69) is 11.1 Å². The maximum atomic E-state index is 11.2. The van der Waals surface area contributed by atoms with Gasteiger partial charge in [-0.2, -0.15) is 5.26 Å². The molecule has 2 N–H and O–H groups in total. The predicted octanol–water partition coefficient (Wildman–Crippen LogP) is 3.66. The summed E-state index contributed by atoms with van der Waals surface area (Å²) in [6.45, 7) is 3.43. The molecule has 0 radical (unpaired) electrons. The third kappa shape index (κ3) is 3.49. The Hall–Kier alpha value is -2.47. The molecule has 25 heavy (non-hydrogen) atoms. The van der Waals surface area contributed by atoms with Gasteiger partial charge in [-0.3, -0.25) is 0 Å². The molecule has 6 nitrogen and oxygen atoms in total. The van der Waals surface area contributed by atoms with Crippen molar-refractivity contribution in [3.8, 4) is 21.7 Å². The summed E-state index contributed by atoms with van der Waals surface area (Å²) < 4.78 is 6.30. The largest absolute Gasteiger partial charge is 0.491 e. The summed E-state index contributed by atoms with van der Waals surface area (Å²) >= 11 is 2.52. The molecule has 1 aromatic carbocycles. The normalized spacial score (nSPS) is 12.1. The molecule has 0 amide bonds. The number of aliphatic hydroxyl groups is 1. The van der Waals surface area contributed by atoms with Crippen LogP contribution in [0, 0.1) is 18.3 Å². The van der Waals surface area contributed by atoms with Crippen LogP contribution in [0.1, 0.15) is 27.9 Å². The van der Waals surface area contributed by atoms with Crippen LogP contribution in [0.5, 0.6) is 5.75 Å².